The smallest absolute Gasteiger partial charge is 0.274 e. The van der Waals surface area contributed by atoms with Gasteiger partial charge in [0.2, 0.25) is 5.91 Å². The maximum atomic E-state index is 12.5. The maximum Gasteiger partial charge on any atom is 0.274 e. The van der Waals surface area contributed by atoms with Crippen LogP contribution in [0.3, 0.4) is 0 Å². The number of nitro benzene ring substituents is 1. The van der Waals surface area contributed by atoms with Gasteiger partial charge in [-0.25, -0.2) is 0 Å². The lowest BCUT2D eigenvalue weighted by Gasteiger charge is -2.25. The van der Waals surface area contributed by atoms with Crippen LogP contribution in [0.25, 0.3) is 0 Å². The highest BCUT2D eigenvalue weighted by Gasteiger charge is 2.39. The van der Waals surface area contributed by atoms with Gasteiger partial charge in [0.25, 0.3) is 5.69 Å². The predicted octanol–water partition coefficient (Wildman–Crippen LogP) is 2.49. The standard InChI is InChI=1S/C15H21N3O3/c1-3-11-5-6-12(9-13(11)18(20)21)17-14(19)15(4-2)7-8-16-10-15/h5-6,9,16H,3-4,7-8,10H2,1-2H3,(H,17,19). The lowest BCUT2D eigenvalue weighted by Crippen LogP contribution is -2.37. The van der Waals surface area contributed by atoms with E-state index in [9.17, 15) is 14.9 Å². The normalized spacial score (nSPS) is 21.2. The average molecular weight is 291 g/mol. The van der Waals surface area contributed by atoms with Crippen LogP contribution in [0.1, 0.15) is 32.3 Å². The summed E-state index contributed by atoms with van der Waals surface area (Å²) in [5.74, 6) is -0.0615. The van der Waals surface area contributed by atoms with E-state index in [2.05, 4.69) is 10.6 Å². The van der Waals surface area contributed by atoms with Crippen molar-refractivity contribution in [2.45, 2.75) is 33.1 Å². The van der Waals surface area contributed by atoms with E-state index in [1.807, 2.05) is 13.8 Å². The van der Waals surface area contributed by atoms with Crippen molar-refractivity contribution in [3.63, 3.8) is 0 Å². The summed E-state index contributed by atoms with van der Waals surface area (Å²) < 4.78 is 0. The number of hydrogen-bond acceptors (Lipinski definition) is 4. The molecular weight excluding hydrogens is 270 g/mol. The van der Waals surface area contributed by atoms with Crippen molar-refractivity contribution in [2.75, 3.05) is 18.4 Å². The fourth-order valence-corrected chi connectivity index (χ4v) is 2.77. The number of aryl methyl sites for hydroxylation is 1. The van der Waals surface area contributed by atoms with E-state index in [4.69, 9.17) is 0 Å². The number of carbonyl (C=O) groups is 1. The first kappa shape index (κ1) is 15.4. The number of hydrogen-bond donors (Lipinski definition) is 2. The van der Waals surface area contributed by atoms with Gasteiger partial charge >= 0.3 is 0 Å². The molecule has 6 nitrogen and oxygen atoms in total. The van der Waals surface area contributed by atoms with Gasteiger partial charge in [-0.1, -0.05) is 19.9 Å². The monoisotopic (exact) mass is 291 g/mol. The second-order valence-electron chi connectivity index (χ2n) is 5.47. The van der Waals surface area contributed by atoms with Crippen LogP contribution in [0.2, 0.25) is 0 Å². The summed E-state index contributed by atoms with van der Waals surface area (Å²) in [6, 6.07) is 4.89. The number of amides is 1. The molecule has 1 aromatic carbocycles. The molecule has 21 heavy (non-hydrogen) atoms. The zero-order valence-corrected chi connectivity index (χ0v) is 12.4. The van der Waals surface area contributed by atoms with Crippen molar-refractivity contribution in [1.82, 2.24) is 5.32 Å². The molecule has 0 radical (unpaired) electrons. The van der Waals surface area contributed by atoms with Crippen molar-refractivity contribution in [3.05, 3.63) is 33.9 Å². The molecule has 0 bridgehead atoms. The molecule has 0 spiro atoms. The highest BCUT2D eigenvalue weighted by molar-refractivity contribution is 5.96. The van der Waals surface area contributed by atoms with E-state index in [-0.39, 0.29) is 11.6 Å². The molecule has 114 valence electrons. The summed E-state index contributed by atoms with van der Waals surface area (Å²) in [5.41, 5.74) is 0.817. The SMILES string of the molecule is CCc1ccc(NC(=O)C2(CC)CCNC2)cc1[N+](=O)[O-]. The largest absolute Gasteiger partial charge is 0.325 e. The Labute approximate surface area is 124 Å². The zero-order valence-electron chi connectivity index (χ0n) is 12.4. The maximum absolute atomic E-state index is 12.5. The quantitative estimate of drug-likeness (QED) is 0.645. The second-order valence-corrected chi connectivity index (χ2v) is 5.47. The van der Waals surface area contributed by atoms with E-state index in [0.29, 0.717) is 24.2 Å². The number of benzene rings is 1. The fourth-order valence-electron chi connectivity index (χ4n) is 2.77. The highest BCUT2D eigenvalue weighted by atomic mass is 16.6. The van der Waals surface area contributed by atoms with Crippen molar-refractivity contribution in [1.29, 1.82) is 0 Å². The highest BCUT2D eigenvalue weighted by Crippen LogP contribution is 2.32. The van der Waals surface area contributed by atoms with Gasteiger partial charge in [-0.15, -0.1) is 0 Å². The Hall–Kier alpha value is -1.95. The van der Waals surface area contributed by atoms with Gasteiger partial charge in [-0.05, 0) is 31.9 Å². The minimum absolute atomic E-state index is 0.0606. The lowest BCUT2D eigenvalue weighted by molar-refractivity contribution is -0.385. The molecule has 1 atom stereocenters. The second kappa shape index (κ2) is 6.22. The summed E-state index contributed by atoms with van der Waals surface area (Å²) >= 11 is 0. The molecule has 2 N–H and O–H groups in total. The van der Waals surface area contributed by atoms with Gasteiger partial charge in [-0.3, -0.25) is 14.9 Å². The van der Waals surface area contributed by atoms with Gasteiger partial charge < -0.3 is 10.6 Å². The first-order valence-electron chi connectivity index (χ1n) is 7.32. The first-order valence-corrected chi connectivity index (χ1v) is 7.32. The summed E-state index contributed by atoms with van der Waals surface area (Å²) in [5, 5.41) is 17.1. The third-order valence-corrected chi connectivity index (χ3v) is 4.32. The molecule has 0 aromatic heterocycles. The molecule has 1 heterocycles. The van der Waals surface area contributed by atoms with Crippen LogP contribution < -0.4 is 10.6 Å². The third kappa shape index (κ3) is 3.05. The summed E-state index contributed by atoms with van der Waals surface area (Å²) in [4.78, 5) is 23.2. The van der Waals surface area contributed by atoms with E-state index < -0.39 is 10.3 Å². The van der Waals surface area contributed by atoms with Gasteiger partial charge in [0.05, 0.1) is 10.3 Å². The summed E-state index contributed by atoms with van der Waals surface area (Å²) in [7, 11) is 0. The number of nitro groups is 1. The Morgan fingerprint density at radius 1 is 1.48 bits per heavy atom. The molecule has 1 amide bonds. The first-order chi connectivity index (χ1) is 10.0. The Bertz CT molecular complexity index is 551. The van der Waals surface area contributed by atoms with Gasteiger partial charge in [-0.2, -0.15) is 0 Å². The number of carbonyl (C=O) groups excluding carboxylic acids is 1. The molecule has 1 unspecified atom stereocenters. The van der Waals surface area contributed by atoms with E-state index >= 15 is 0 Å². The van der Waals surface area contributed by atoms with Gasteiger partial charge in [0, 0.05) is 23.9 Å². The van der Waals surface area contributed by atoms with E-state index in [0.717, 1.165) is 19.4 Å². The average Bonchev–Trinajstić information content (AvgIpc) is 2.97. The molecule has 1 saturated heterocycles. The molecule has 0 aliphatic carbocycles. The van der Waals surface area contributed by atoms with Crippen LogP contribution in [0.15, 0.2) is 18.2 Å². The fraction of sp³-hybridized carbons (Fsp3) is 0.533. The van der Waals surface area contributed by atoms with Crippen LogP contribution in [0.5, 0.6) is 0 Å². The number of nitrogens with one attached hydrogen (secondary N) is 2. The molecule has 1 fully saturated rings. The number of nitrogens with zero attached hydrogens (tertiary/aromatic N) is 1. The van der Waals surface area contributed by atoms with Gasteiger partial charge in [0.15, 0.2) is 0 Å². The molecule has 1 aliphatic heterocycles. The van der Waals surface area contributed by atoms with Crippen LogP contribution in [0, 0.1) is 15.5 Å². The van der Waals surface area contributed by atoms with Gasteiger partial charge in [0.1, 0.15) is 0 Å². The minimum Gasteiger partial charge on any atom is -0.325 e. The molecule has 6 heteroatoms. The molecule has 2 rings (SSSR count). The lowest BCUT2D eigenvalue weighted by atomic mass is 9.83. The summed E-state index contributed by atoms with van der Waals surface area (Å²) in [6.07, 6.45) is 2.14. The van der Waals surface area contributed by atoms with Crippen molar-refractivity contribution in [3.8, 4) is 0 Å². The van der Waals surface area contributed by atoms with Crippen LogP contribution in [-0.4, -0.2) is 23.9 Å². The molecular formula is C15H21N3O3. The molecule has 1 aliphatic rings. The van der Waals surface area contributed by atoms with Crippen molar-refractivity contribution in [2.24, 2.45) is 5.41 Å². The Balaban J connectivity index is 2.21. The Morgan fingerprint density at radius 2 is 2.24 bits per heavy atom. The van der Waals surface area contributed by atoms with Crippen LogP contribution >= 0.6 is 0 Å². The number of anilines is 1. The van der Waals surface area contributed by atoms with Crippen LogP contribution in [-0.2, 0) is 11.2 Å². The topological polar surface area (TPSA) is 84.3 Å². The van der Waals surface area contributed by atoms with Crippen LogP contribution in [0.4, 0.5) is 11.4 Å². The Morgan fingerprint density at radius 3 is 2.76 bits per heavy atom. The molecule has 1 aromatic rings. The minimum atomic E-state index is -0.405. The van der Waals surface area contributed by atoms with E-state index in [1.54, 1.807) is 12.1 Å². The van der Waals surface area contributed by atoms with E-state index in [1.165, 1.54) is 6.07 Å². The third-order valence-electron chi connectivity index (χ3n) is 4.32. The molecule has 0 saturated carbocycles. The predicted molar refractivity (Wildman–Crippen MR) is 81.3 cm³/mol. The Kier molecular flexibility index (Phi) is 4.57. The zero-order chi connectivity index (χ0) is 15.5. The summed E-state index contributed by atoms with van der Waals surface area (Å²) in [6.45, 7) is 5.35. The number of rotatable bonds is 5. The van der Waals surface area contributed by atoms with Crippen molar-refractivity contribution >= 4 is 17.3 Å². The van der Waals surface area contributed by atoms with Crippen molar-refractivity contribution < 1.29 is 9.72 Å².